The van der Waals surface area contributed by atoms with Crippen molar-refractivity contribution in [3.63, 3.8) is 0 Å². The molecule has 0 saturated heterocycles. The van der Waals surface area contributed by atoms with Crippen LogP contribution in [0.2, 0.25) is 0 Å². The average Bonchev–Trinajstić information content (AvgIpc) is 2.28. The van der Waals surface area contributed by atoms with Gasteiger partial charge in [-0.25, -0.2) is 0 Å². The van der Waals surface area contributed by atoms with Crippen molar-refractivity contribution in [1.82, 2.24) is 9.88 Å². The second-order valence-electron chi connectivity index (χ2n) is 3.41. The number of aromatic nitrogens is 1. The van der Waals surface area contributed by atoms with Crippen LogP contribution in [0, 0.1) is 0 Å². The van der Waals surface area contributed by atoms with Gasteiger partial charge in [0.25, 0.3) is 5.91 Å². The minimum atomic E-state index is -0.129. The van der Waals surface area contributed by atoms with E-state index in [2.05, 4.69) is 4.98 Å². The maximum atomic E-state index is 12.0. The molecule has 0 unspecified atom stereocenters. The lowest BCUT2D eigenvalue weighted by Crippen LogP contribution is -2.38. The number of nitrogens with zero attached hydrogens (tertiary/aromatic N) is 2. The van der Waals surface area contributed by atoms with Crippen LogP contribution >= 0.6 is 12.2 Å². The van der Waals surface area contributed by atoms with E-state index in [0.29, 0.717) is 23.8 Å². The molecule has 0 aromatic carbocycles. The first-order valence-electron chi connectivity index (χ1n) is 5.13. The fourth-order valence-corrected chi connectivity index (χ4v) is 1.52. The SMILES string of the molecule is CCCN(CC(N)=S)C(=O)c1ccccn1. The Morgan fingerprint density at radius 2 is 2.31 bits per heavy atom. The van der Waals surface area contributed by atoms with Gasteiger partial charge in [-0.1, -0.05) is 25.2 Å². The molecule has 4 nitrogen and oxygen atoms in total. The molecule has 0 fully saturated rings. The fourth-order valence-electron chi connectivity index (χ4n) is 1.36. The third-order valence-corrected chi connectivity index (χ3v) is 2.14. The number of hydrogen-bond acceptors (Lipinski definition) is 3. The van der Waals surface area contributed by atoms with Gasteiger partial charge in [0, 0.05) is 12.7 Å². The summed E-state index contributed by atoms with van der Waals surface area (Å²) in [5, 5.41) is 0. The summed E-state index contributed by atoms with van der Waals surface area (Å²) < 4.78 is 0. The highest BCUT2D eigenvalue weighted by Gasteiger charge is 2.16. The molecule has 2 N–H and O–H groups in total. The number of carbonyl (C=O) groups is 1. The molecule has 1 aromatic heterocycles. The second-order valence-corrected chi connectivity index (χ2v) is 3.93. The first kappa shape index (κ1) is 12.6. The lowest BCUT2D eigenvalue weighted by Gasteiger charge is -2.20. The van der Waals surface area contributed by atoms with E-state index in [-0.39, 0.29) is 5.91 Å². The highest BCUT2D eigenvalue weighted by atomic mass is 32.1. The number of pyridine rings is 1. The van der Waals surface area contributed by atoms with Crippen molar-refractivity contribution in [3.05, 3.63) is 30.1 Å². The highest BCUT2D eigenvalue weighted by Crippen LogP contribution is 2.02. The summed E-state index contributed by atoms with van der Waals surface area (Å²) in [7, 11) is 0. The molecule has 0 spiro atoms. The molecule has 0 saturated carbocycles. The first-order chi connectivity index (χ1) is 7.65. The molecule has 0 atom stereocenters. The predicted molar refractivity (Wildman–Crippen MR) is 67.2 cm³/mol. The van der Waals surface area contributed by atoms with Gasteiger partial charge >= 0.3 is 0 Å². The summed E-state index contributed by atoms with van der Waals surface area (Å²) in [4.78, 5) is 18.0. The van der Waals surface area contributed by atoms with Crippen LogP contribution in [0.1, 0.15) is 23.8 Å². The Labute approximate surface area is 100 Å². The largest absolute Gasteiger partial charge is 0.392 e. The molecule has 1 rings (SSSR count). The molecular formula is C11H15N3OS. The van der Waals surface area contributed by atoms with Crippen LogP contribution in [0.3, 0.4) is 0 Å². The predicted octanol–water partition coefficient (Wildman–Crippen LogP) is 1.22. The number of amides is 1. The van der Waals surface area contributed by atoms with Crippen LogP contribution in [0.15, 0.2) is 24.4 Å². The zero-order valence-electron chi connectivity index (χ0n) is 9.22. The van der Waals surface area contributed by atoms with Crippen LogP contribution in [-0.2, 0) is 0 Å². The Balaban J connectivity index is 2.78. The summed E-state index contributed by atoms with van der Waals surface area (Å²) in [5.41, 5.74) is 5.88. The van der Waals surface area contributed by atoms with Gasteiger partial charge in [0.05, 0.1) is 11.5 Å². The minimum absolute atomic E-state index is 0.129. The van der Waals surface area contributed by atoms with Crippen molar-refractivity contribution in [2.45, 2.75) is 13.3 Å². The maximum Gasteiger partial charge on any atom is 0.272 e. The van der Waals surface area contributed by atoms with Crippen molar-refractivity contribution >= 4 is 23.1 Å². The Morgan fingerprint density at radius 3 is 2.81 bits per heavy atom. The average molecular weight is 237 g/mol. The maximum absolute atomic E-state index is 12.0. The Bertz CT molecular complexity index is 367. The Hall–Kier alpha value is -1.49. The summed E-state index contributed by atoms with van der Waals surface area (Å²) in [6.45, 7) is 2.93. The van der Waals surface area contributed by atoms with E-state index in [0.717, 1.165) is 6.42 Å². The highest BCUT2D eigenvalue weighted by molar-refractivity contribution is 7.80. The molecule has 1 aromatic rings. The van der Waals surface area contributed by atoms with E-state index in [1.807, 2.05) is 6.92 Å². The summed E-state index contributed by atoms with van der Waals surface area (Å²) in [6.07, 6.45) is 2.46. The molecule has 86 valence electrons. The smallest absolute Gasteiger partial charge is 0.272 e. The quantitative estimate of drug-likeness (QED) is 0.782. The first-order valence-corrected chi connectivity index (χ1v) is 5.54. The van der Waals surface area contributed by atoms with Gasteiger partial charge in [-0.2, -0.15) is 0 Å². The lowest BCUT2D eigenvalue weighted by atomic mass is 10.3. The molecule has 0 aliphatic rings. The van der Waals surface area contributed by atoms with E-state index < -0.39 is 0 Å². The van der Waals surface area contributed by atoms with Gasteiger partial charge in [-0.15, -0.1) is 0 Å². The van der Waals surface area contributed by atoms with Crippen LogP contribution < -0.4 is 5.73 Å². The van der Waals surface area contributed by atoms with E-state index in [1.165, 1.54) is 0 Å². The molecule has 16 heavy (non-hydrogen) atoms. The van der Waals surface area contributed by atoms with E-state index in [4.69, 9.17) is 18.0 Å². The summed E-state index contributed by atoms with van der Waals surface area (Å²) in [5.74, 6) is -0.129. The molecule has 0 aliphatic carbocycles. The van der Waals surface area contributed by atoms with Crippen molar-refractivity contribution in [3.8, 4) is 0 Å². The third kappa shape index (κ3) is 3.58. The topological polar surface area (TPSA) is 59.2 Å². The second kappa shape index (κ2) is 6.17. The van der Waals surface area contributed by atoms with E-state index >= 15 is 0 Å². The normalized spacial score (nSPS) is 9.81. The molecule has 0 aliphatic heterocycles. The molecule has 1 amide bonds. The van der Waals surface area contributed by atoms with Gasteiger partial charge in [-0.05, 0) is 18.6 Å². The van der Waals surface area contributed by atoms with Crippen molar-refractivity contribution < 1.29 is 4.79 Å². The molecule has 1 heterocycles. The van der Waals surface area contributed by atoms with Crippen LogP contribution in [0.4, 0.5) is 0 Å². The summed E-state index contributed by atoms with van der Waals surface area (Å²) >= 11 is 4.82. The fraction of sp³-hybridized carbons (Fsp3) is 0.364. The number of hydrogen-bond donors (Lipinski definition) is 1. The number of nitrogens with two attached hydrogens (primary N) is 1. The third-order valence-electron chi connectivity index (χ3n) is 2.01. The van der Waals surface area contributed by atoms with Gasteiger partial charge in [-0.3, -0.25) is 9.78 Å². The van der Waals surface area contributed by atoms with Crippen molar-refractivity contribution in [1.29, 1.82) is 0 Å². The van der Waals surface area contributed by atoms with Crippen LogP contribution in [0.25, 0.3) is 0 Å². The number of carbonyl (C=O) groups excluding carboxylic acids is 1. The molecular weight excluding hydrogens is 222 g/mol. The van der Waals surface area contributed by atoms with Gasteiger partial charge in [0.1, 0.15) is 5.69 Å². The lowest BCUT2D eigenvalue weighted by molar-refractivity contribution is 0.0774. The summed E-state index contributed by atoms with van der Waals surface area (Å²) in [6, 6.07) is 5.24. The molecule has 5 heteroatoms. The number of rotatable bonds is 5. The number of thiocarbonyl (C=S) groups is 1. The Kier molecular flexibility index (Phi) is 4.85. The van der Waals surface area contributed by atoms with Gasteiger partial charge in [0.2, 0.25) is 0 Å². The minimum Gasteiger partial charge on any atom is -0.392 e. The molecule has 0 radical (unpaired) electrons. The zero-order chi connectivity index (χ0) is 12.0. The van der Waals surface area contributed by atoms with Crippen molar-refractivity contribution in [2.75, 3.05) is 13.1 Å². The zero-order valence-corrected chi connectivity index (χ0v) is 10.0. The monoisotopic (exact) mass is 237 g/mol. The standard InChI is InChI=1S/C11H15N3OS/c1-2-7-14(8-10(12)16)11(15)9-5-3-4-6-13-9/h3-6H,2,7-8H2,1H3,(H2,12,16). The van der Waals surface area contributed by atoms with Crippen LogP contribution in [-0.4, -0.2) is 33.9 Å². The molecule has 0 bridgehead atoms. The van der Waals surface area contributed by atoms with Gasteiger partial charge < -0.3 is 10.6 Å². The van der Waals surface area contributed by atoms with Crippen molar-refractivity contribution in [2.24, 2.45) is 5.73 Å². The van der Waals surface area contributed by atoms with Gasteiger partial charge in [0.15, 0.2) is 0 Å². The van der Waals surface area contributed by atoms with E-state index in [1.54, 1.807) is 29.3 Å². The van der Waals surface area contributed by atoms with E-state index in [9.17, 15) is 4.79 Å². The van der Waals surface area contributed by atoms with Crippen LogP contribution in [0.5, 0.6) is 0 Å². The Morgan fingerprint density at radius 1 is 1.56 bits per heavy atom.